The first-order valence-electron chi connectivity index (χ1n) is 12.2. The van der Waals surface area contributed by atoms with Gasteiger partial charge in [-0.15, -0.1) is 11.3 Å². The predicted octanol–water partition coefficient (Wildman–Crippen LogP) is 5.47. The highest BCUT2D eigenvalue weighted by atomic mass is 32.1. The van der Waals surface area contributed by atoms with E-state index in [1.165, 1.54) is 35.9 Å². The molecule has 2 aromatic rings. The summed E-state index contributed by atoms with van der Waals surface area (Å²) in [5, 5.41) is 19.7. The molecule has 188 valence electrons. The zero-order chi connectivity index (χ0) is 24.9. The monoisotopic (exact) mass is 492 g/mol. The van der Waals surface area contributed by atoms with Crippen LogP contribution in [-0.2, 0) is 23.2 Å². The van der Waals surface area contributed by atoms with Gasteiger partial charge in [-0.05, 0) is 65.8 Å². The van der Waals surface area contributed by atoms with Crippen LogP contribution in [0.4, 0.5) is 8.78 Å². The summed E-state index contributed by atoms with van der Waals surface area (Å²) in [4.78, 5) is 13.1. The highest BCUT2D eigenvalue weighted by Crippen LogP contribution is 2.41. The van der Waals surface area contributed by atoms with E-state index in [1.807, 2.05) is 0 Å². The molecule has 0 bridgehead atoms. The number of thiophene rings is 1. The molecule has 0 unspecified atom stereocenters. The highest BCUT2D eigenvalue weighted by Gasteiger charge is 2.36. The third kappa shape index (κ3) is 7.59. The van der Waals surface area contributed by atoms with Crippen LogP contribution in [0.15, 0.2) is 29.6 Å². The van der Waals surface area contributed by atoms with E-state index in [4.69, 9.17) is 0 Å². The van der Waals surface area contributed by atoms with E-state index >= 15 is 0 Å². The first-order chi connectivity index (χ1) is 16.0. The summed E-state index contributed by atoms with van der Waals surface area (Å²) in [5.74, 6) is -1.64. The average Bonchev–Trinajstić information content (AvgIpc) is 3.18. The summed E-state index contributed by atoms with van der Waals surface area (Å²) in [5.41, 5.74) is 1.74. The van der Waals surface area contributed by atoms with Crippen LogP contribution in [0.2, 0.25) is 0 Å². The number of aliphatic hydroxyl groups is 1. The molecule has 1 aliphatic rings. The Labute approximate surface area is 206 Å². The van der Waals surface area contributed by atoms with Crippen LogP contribution in [0.3, 0.4) is 0 Å². The van der Waals surface area contributed by atoms with Crippen molar-refractivity contribution < 1.29 is 18.7 Å². The normalized spacial score (nSPS) is 17.9. The Hall–Kier alpha value is -1.83. The average molecular weight is 493 g/mol. The van der Waals surface area contributed by atoms with E-state index in [9.17, 15) is 18.7 Å². The summed E-state index contributed by atoms with van der Waals surface area (Å²) in [6.07, 6.45) is 5.66. The fraction of sp³-hybridized carbons (Fsp3) is 0.593. The minimum atomic E-state index is -0.914. The van der Waals surface area contributed by atoms with Gasteiger partial charge >= 0.3 is 0 Å². The Morgan fingerprint density at radius 2 is 1.74 bits per heavy atom. The number of amides is 1. The number of hydrogen-bond acceptors (Lipinski definition) is 4. The van der Waals surface area contributed by atoms with Crippen LogP contribution in [0.25, 0.3) is 0 Å². The molecule has 2 atom stereocenters. The van der Waals surface area contributed by atoms with Gasteiger partial charge in [0.05, 0.1) is 17.7 Å². The Balaban J connectivity index is 1.75. The maximum absolute atomic E-state index is 13.7. The van der Waals surface area contributed by atoms with Gasteiger partial charge in [-0.3, -0.25) is 4.79 Å². The van der Waals surface area contributed by atoms with Crippen molar-refractivity contribution in [1.82, 2.24) is 10.6 Å². The lowest BCUT2D eigenvalue weighted by molar-refractivity contribution is -0.120. The van der Waals surface area contributed by atoms with Crippen LogP contribution in [0.1, 0.15) is 75.8 Å². The van der Waals surface area contributed by atoms with Crippen molar-refractivity contribution in [3.8, 4) is 0 Å². The minimum absolute atomic E-state index is 0.138. The van der Waals surface area contributed by atoms with Crippen LogP contribution < -0.4 is 10.6 Å². The molecular formula is C27H38F2N2O2S. The smallest absolute Gasteiger partial charge is 0.217 e. The van der Waals surface area contributed by atoms with Crippen LogP contribution in [0.5, 0.6) is 0 Å². The zero-order valence-corrected chi connectivity index (χ0v) is 21.5. The molecular weight excluding hydrogens is 454 g/mol. The van der Waals surface area contributed by atoms with Crippen molar-refractivity contribution in [3.05, 3.63) is 57.3 Å². The van der Waals surface area contributed by atoms with Crippen molar-refractivity contribution >= 4 is 17.2 Å². The number of carbonyl (C=O) groups is 1. The molecule has 1 aromatic heterocycles. The van der Waals surface area contributed by atoms with E-state index in [0.717, 1.165) is 38.2 Å². The van der Waals surface area contributed by atoms with Gasteiger partial charge < -0.3 is 15.7 Å². The lowest BCUT2D eigenvalue weighted by Crippen LogP contribution is -2.52. The second-order valence-corrected chi connectivity index (χ2v) is 11.8. The summed E-state index contributed by atoms with van der Waals surface area (Å²) in [6.45, 7) is 8.37. The largest absolute Gasteiger partial charge is 0.390 e. The van der Waals surface area contributed by atoms with Gasteiger partial charge in [-0.25, -0.2) is 8.78 Å². The summed E-state index contributed by atoms with van der Waals surface area (Å²) in [6, 6.07) is 4.94. The molecule has 1 aromatic carbocycles. The fourth-order valence-corrected chi connectivity index (χ4v) is 6.12. The van der Waals surface area contributed by atoms with E-state index in [0.29, 0.717) is 5.56 Å². The Kier molecular flexibility index (Phi) is 8.87. The molecule has 0 radical (unpaired) electrons. The Morgan fingerprint density at radius 3 is 2.32 bits per heavy atom. The van der Waals surface area contributed by atoms with Crippen molar-refractivity contribution in [2.45, 2.75) is 90.3 Å². The molecule has 0 saturated heterocycles. The fourth-order valence-electron chi connectivity index (χ4n) is 4.97. The summed E-state index contributed by atoms with van der Waals surface area (Å²) in [7, 11) is 0. The molecule has 0 spiro atoms. The van der Waals surface area contributed by atoms with Gasteiger partial charge in [0.25, 0.3) is 0 Å². The SMILES string of the molecule is CC(=O)N[C@@H](Cc1cc(F)cc(F)c1)[C@H](O)CNC1(c2cc(CC(C)(C)C)cs2)CCCCC1. The third-order valence-corrected chi connectivity index (χ3v) is 7.63. The second kappa shape index (κ2) is 11.3. The van der Waals surface area contributed by atoms with Crippen molar-refractivity contribution in [1.29, 1.82) is 0 Å². The molecule has 7 heteroatoms. The maximum atomic E-state index is 13.7. The first-order valence-corrected chi connectivity index (χ1v) is 13.1. The van der Waals surface area contributed by atoms with Crippen LogP contribution in [-0.4, -0.2) is 29.7 Å². The Morgan fingerprint density at radius 1 is 1.09 bits per heavy atom. The number of aliphatic hydroxyl groups excluding tert-OH is 1. The van der Waals surface area contributed by atoms with Gasteiger partial charge in [0.15, 0.2) is 0 Å². The first kappa shape index (κ1) is 26.8. The van der Waals surface area contributed by atoms with Crippen molar-refractivity contribution in [3.63, 3.8) is 0 Å². The van der Waals surface area contributed by atoms with E-state index in [1.54, 1.807) is 11.3 Å². The molecule has 1 heterocycles. The van der Waals surface area contributed by atoms with E-state index in [-0.39, 0.29) is 29.8 Å². The van der Waals surface area contributed by atoms with Crippen LogP contribution in [0, 0.1) is 17.0 Å². The number of halogens is 2. The van der Waals surface area contributed by atoms with E-state index in [2.05, 4.69) is 42.9 Å². The van der Waals surface area contributed by atoms with Gasteiger partial charge in [-0.1, -0.05) is 40.0 Å². The van der Waals surface area contributed by atoms with Gasteiger partial charge in [0, 0.05) is 24.4 Å². The minimum Gasteiger partial charge on any atom is -0.390 e. The standard InChI is InChI=1S/C27H38F2N2O2S/c1-18(32)31-23(12-19-10-21(28)14-22(29)11-19)24(33)16-30-27(8-6-5-7-9-27)25-13-20(17-34-25)15-26(2,3)4/h10-11,13-14,17,23-24,30,33H,5-9,12,15-16H2,1-4H3,(H,31,32)/t23-,24+/m0/s1. The molecule has 4 nitrogen and oxygen atoms in total. The van der Waals surface area contributed by atoms with Gasteiger partial charge in [0.1, 0.15) is 11.6 Å². The Bertz CT molecular complexity index is 944. The van der Waals surface area contributed by atoms with Gasteiger partial charge in [0.2, 0.25) is 5.91 Å². The van der Waals surface area contributed by atoms with E-state index < -0.39 is 23.8 Å². The van der Waals surface area contributed by atoms with Gasteiger partial charge in [-0.2, -0.15) is 0 Å². The lowest BCUT2D eigenvalue weighted by Gasteiger charge is -2.39. The van der Waals surface area contributed by atoms with Crippen molar-refractivity contribution in [2.24, 2.45) is 5.41 Å². The molecule has 3 rings (SSSR count). The number of benzene rings is 1. The number of carbonyl (C=O) groups excluding carboxylic acids is 1. The highest BCUT2D eigenvalue weighted by molar-refractivity contribution is 7.10. The maximum Gasteiger partial charge on any atom is 0.217 e. The molecule has 1 amide bonds. The topological polar surface area (TPSA) is 61.4 Å². The third-order valence-electron chi connectivity index (χ3n) is 6.45. The molecule has 1 fully saturated rings. The lowest BCUT2D eigenvalue weighted by atomic mass is 9.79. The zero-order valence-electron chi connectivity index (χ0n) is 20.7. The number of rotatable bonds is 9. The van der Waals surface area contributed by atoms with Crippen LogP contribution >= 0.6 is 11.3 Å². The second-order valence-electron chi connectivity index (χ2n) is 10.9. The number of hydrogen-bond donors (Lipinski definition) is 3. The number of nitrogens with one attached hydrogen (secondary N) is 2. The quantitative estimate of drug-likeness (QED) is 0.435. The molecule has 0 aliphatic heterocycles. The molecule has 34 heavy (non-hydrogen) atoms. The molecule has 1 aliphatic carbocycles. The van der Waals surface area contributed by atoms with Crippen molar-refractivity contribution in [2.75, 3.05) is 6.54 Å². The summed E-state index contributed by atoms with van der Waals surface area (Å²) >= 11 is 1.77. The summed E-state index contributed by atoms with van der Waals surface area (Å²) < 4.78 is 27.3. The molecule has 3 N–H and O–H groups in total. The molecule has 1 saturated carbocycles. The predicted molar refractivity (Wildman–Crippen MR) is 134 cm³/mol.